The SMILES string of the molecule is CC[O-].C[CH2][Zn][CH2]C.[Tl+]. The molecule has 0 saturated heterocycles. The van der Waals surface area contributed by atoms with E-state index in [-0.39, 0.29) is 51.0 Å². The van der Waals surface area contributed by atoms with Crippen LogP contribution in [-0.2, 0) is 17.1 Å². The molecule has 0 bridgehead atoms. The van der Waals surface area contributed by atoms with Crippen LogP contribution in [0.1, 0.15) is 20.8 Å². The van der Waals surface area contributed by atoms with Crippen molar-refractivity contribution in [1.82, 2.24) is 0 Å². The molecule has 1 nitrogen and oxygen atoms in total. The Labute approximate surface area is 86.4 Å². The van der Waals surface area contributed by atoms with Crippen LogP contribution in [0.15, 0.2) is 0 Å². The minimum atomic E-state index is 0. The standard InChI is InChI=1S/C2H5O.2C2H5.Tl.Zn/c1-2-3;2*1-2;;/h2H2,1H3;2*1H2,2H3;;/q-1;;;+1;. The maximum absolute atomic E-state index is 8.93. The molecule has 50 valence electrons. The van der Waals surface area contributed by atoms with Crippen molar-refractivity contribution in [1.29, 1.82) is 0 Å². The van der Waals surface area contributed by atoms with Gasteiger partial charge in [0, 0.05) is 0 Å². The van der Waals surface area contributed by atoms with Gasteiger partial charge in [-0.25, -0.2) is 0 Å². The summed E-state index contributed by atoms with van der Waals surface area (Å²) in [5, 5.41) is 12.0. The summed E-state index contributed by atoms with van der Waals surface area (Å²) >= 11 is 0.0972. The van der Waals surface area contributed by atoms with Crippen LogP contribution < -0.4 is 5.11 Å². The minimum Gasteiger partial charge on any atom is 1.00 e. The Morgan fingerprint density at radius 1 is 1.11 bits per heavy atom. The number of rotatable bonds is 2. The first kappa shape index (κ1) is 16.9. The van der Waals surface area contributed by atoms with E-state index in [2.05, 4.69) is 13.8 Å². The van der Waals surface area contributed by atoms with Crippen LogP contribution in [0.4, 0.5) is 0 Å². The third kappa shape index (κ3) is 43.6. The van der Waals surface area contributed by atoms with Crippen molar-refractivity contribution >= 4 is 27.3 Å². The van der Waals surface area contributed by atoms with Gasteiger partial charge >= 0.3 is 68.3 Å². The van der Waals surface area contributed by atoms with Crippen LogP contribution >= 0.6 is 0 Å². The van der Waals surface area contributed by atoms with Gasteiger partial charge < -0.3 is 5.11 Å². The van der Waals surface area contributed by atoms with Crippen LogP contribution in [-0.4, -0.2) is 33.9 Å². The van der Waals surface area contributed by atoms with Gasteiger partial charge in [-0.1, -0.05) is 6.92 Å². The van der Waals surface area contributed by atoms with Gasteiger partial charge in [0.05, 0.1) is 0 Å². The van der Waals surface area contributed by atoms with Gasteiger partial charge in [-0.2, -0.15) is 0 Å². The summed E-state index contributed by atoms with van der Waals surface area (Å²) in [6.45, 7) is 6.16. The Balaban J connectivity index is -0.0000000800. The van der Waals surface area contributed by atoms with Crippen molar-refractivity contribution in [2.45, 2.75) is 30.8 Å². The fourth-order valence-electron chi connectivity index (χ4n) is 0.354. The van der Waals surface area contributed by atoms with Gasteiger partial charge in [0.15, 0.2) is 0 Å². The predicted octanol–water partition coefficient (Wildman–Crippen LogP) is 0.931. The summed E-state index contributed by atoms with van der Waals surface area (Å²) in [4.78, 5) is 0. The van der Waals surface area contributed by atoms with Gasteiger partial charge in [-0.3, -0.25) is 0 Å². The first-order valence-electron chi connectivity index (χ1n) is 3.41. The maximum atomic E-state index is 8.93. The molecule has 0 aliphatic rings. The van der Waals surface area contributed by atoms with Crippen molar-refractivity contribution in [3.8, 4) is 0 Å². The van der Waals surface area contributed by atoms with Gasteiger partial charge in [0.2, 0.25) is 0 Å². The van der Waals surface area contributed by atoms with Crippen LogP contribution in [0.3, 0.4) is 0 Å². The summed E-state index contributed by atoms with van der Waals surface area (Å²) in [5.41, 5.74) is 0. The van der Waals surface area contributed by atoms with E-state index in [1.807, 2.05) is 0 Å². The van der Waals surface area contributed by atoms with E-state index >= 15 is 0 Å². The normalized spacial score (nSPS) is 5.78. The van der Waals surface area contributed by atoms with Gasteiger partial charge in [0.1, 0.15) is 0 Å². The molecule has 3 heteroatoms. The zero-order valence-electron chi connectivity index (χ0n) is 6.81. The van der Waals surface area contributed by atoms with Gasteiger partial charge in [-0.05, 0) is 0 Å². The Morgan fingerprint density at radius 3 is 1.33 bits per heavy atom. The van der Waals surface area contributed by atoms with Crippen molar-refractivity contribution in [3.05, 3.63) is 0 Å². The molecule has 0 radical (unpaired) electrons. The molecule has 0 N–H and O–H groups in total. The Morgan fingerprint density at radius 2 is 1.33 bits per heavy atom. The minimum absolute atomic E-state index is 0. The number of hydrogen-bond acceptors (Lipinski definition) is 1. The molecule has 0 aromatic heterocycles. The van der Waals surface area contributed by atoms with Crippen molar-refractivity contribution in [3.63, 3.8) is 0 Å². The summed E-state index contributed by atoms with van der Waals surface area (Å²) in [6, 6.07) is 0. The Bertz CT molecular complexity index is 27.0. The van der Waals surface area contributed by atoms with Crippen molar-refractivity contribution in [2.24, 2.45) is 0 Å². The van der Waals surface area contributed by atoms with Crippen LogP contribution in [0.25, 0.3) is 0 Å². The Hall–Kier alpha value is 1.51. The van der Waals surface area contributed by atoms with E-state index in [0.29, 0.717) is 0 Å². The summed E-state index contributed by atoms with van der Waals surface area (Å²) < 4.78 is 0. The molecule has 0 rings (SSSR count). The fraction of sp³-hybridized carbons (Fsp3) is 1.00. The molecule has 0 amide bonds. The topological polar surface area (TPSA) is 23.1 Å². The molecule has 0 unspecified atom stereocenters. The second-order valence-electron chi connectivity index (χ2n) is 1.64. The average Bonchev–Trinajstić information content (AvgIpc) is 1.71. The number of hydrogen-bond donors (Lipinski definition) is 0. The zero-order valence-corrected chi connectivity index (χ0v) is 14.3. The molecule has 0 atom stereocenters. The monoisotopic (exact) mass is 372 g/mol. The summed E-state index contributed by atoms with van der Waals surface area (Å²) in [5.74, 6) is 0. The first-order chi connectivity index (χ1) is 3.83. The molecule has 9 heavy (non-hydrogen) atoms. The molecular weight excluding hydrogens is 358 g/mol. The van der Waals surface area contributed by atoms with Crippen LogP contribution in [0.2, 0.25) is 10.0 Å². The van der Waals surface area contributed by atoms with E-state index in [1.54, 1.807) is 6.92 Å². The molecule has 0 aromatic rings. The van der Waals surface area contributed by atoms with Crippen LogP contribution in [0.5, 0.6) is 0 Å². The maximum Gasteiger partial charge on any atom is 1.00 e. The quantitative estimate of drug-likeness (QED) is 0.661. The van der Waals surface area contributed by atoms with Gasteiger partial charge in [0.25, 0.3) is 0 Å². The third-order valence-corrected chi connectivity index (χ3v) is 3.67. The van der Waals surface area contributed by atoms with Crippen molar-refractivity contribution in [2.75, 3.05) is 6.61 Å². The molecule has 0 aliphatic heterocycles. The molecule has 0 heterocycles. The van der Waals surface area contributed by atoms with E-state index in [4.69, 9.17) is 5.11 Å². The van der Waals surface area contributed by atoms with E-state index in [9.17, 15) is 0 Å². The zero-order chi connectivity index (χ0) is 6.83. The van der Waals surface area contributed by atoms with Crippen molar-refractivity contribution < 1.29 is 22.2 Å². The van der Waals surface area contributed by atoms with Gasteiger partial charge in [-0.15, -0.1) is 6.61 Å². The largest absolute Gasteiger partial charge is 1.00 e. The molecule has 0 aliphatic carbocycles. The second-order valence-corrected chi connectivity index (χ2v) is 7.32. The summed E-state index contributed by atoms with van der Waals surface area (Å²) in [7, 11) is 0. The Kier molecular flexibility index (Phi) is 42.5. The van der Waals surface area contributed by atoms with E-state index in [0.717, 1.165) is 0 Å². The molecular formula is C6H15OTlZn. The molecule has 0 saturated carbocycles. The van der Waals surface area contributed by atoms with E-state index in [1.165, 1.54) is 10.0 Å². The second kappa shape index (κ2) is 22.7. The third-order valence-electron chi connectivity index (χ3n) is 0.707. The van der Waals surface area contributed by atoms with E-state index < -0.39 is 0 Å². The molecule has 0 spiro atoms. The summed E-state index contributed by atoms with van der Waals surface area (Å²) in [6.07, 6.45) is 0. The molecule has 0 fully saturated rings. The fourth-order valence-corrected chi connectivity index (χ4v) is 1.84. The van der Waals surface area contributed by atoms with Crippen LogP contribution in [0, 0.1) is 0 Å². The molecule has 0 aromatic carbocycles. The average molecular weight is 373 g/mol. The first-order valence-corrected chi connectivity index (χ1v) is 7.61. The smallest absolute Gasteiger partial charge is 1.00 e. The predicted molar refractivity (Wildman–Crippen MR) is 37.3 cm³/mol.